The minimum atomic E-state index is -5.14. The average molecular weight is 531 g/mol. The van der Waals surface area contributed by atoms with Crippen molar-refractivity contribution in [3.05, 3.63) is 0 Å². The molecule has 0 rings (SSSR count). The molecular formula is C8H28Ca2ClF2Na2O11P. The summed E-state index contributed by atoms with van der Waals surface area (Å²) in [4.78, 5) is 23.4. The van der Waals surface area contributed by atoms with E-state index in [1.165, 1.54) is 6.92 Å². The number of carboxylic acid groups (broad SMARTS) is 1. The van der Waals surface area contributed by atoms with Crippen LogP contribution in [0.25, 0.3) is 0 Å². The molecule has 0 aromatic heterocycles. The molecule has 0 radical (unpaired) electrons. The number of carbonyl (C=O) groups is 1. The molecule has 27 heavy (non-hydrogen) atoms. The Morgan fingerprint density at radius 1 is 0.963 bits per heavy atom. The topological polar surface area (TPSA) is 216 Å². The first-order valence-electron chi connectivity index (χ1n) is 5.19. The van der Waals surface area contributed by atoms with Crippen LogP contribution in [0.1, 0.15) is 6.92 Å². The summed E-state index contributed by atoms with van der Waals surface area (Å²) in [5.41, 5.74) is 0. The number of halogens is 3. The molecule has 11 nitrogen and oxygen atoms in total. The summed E-state index contributed by atoms with van der Waals surface area (Å²) in [6.45, 7) is -0.0845. The van der Waals surface area contributed by atoms with Gasteiger partial charge in [0.15, 0.2) is 0 Å². The third kappa shape index (κ3) is 58.8. The van der Waals surface area contributed by atoms with Gasteiger partial charge in [-0.05, 0) is 6.92 Å². The zero-order valence-electron chi connectivity index (χ0n) is 11.7. The van der Waals surface area contributed by atoms with Gasteiger partial charge in [-0.2, -0.15) is 0 Å². The summed E-state index contributed by atoms with van der Waals surface area (Å²) in [7, 11) is -5.14. The van der Waals surface area contributed by atoms with E-state index in [9.17, 15) is 8.99 Å². The first-order chi connectivity index (χ1) is 9.27. The Hall–Kier alpha value is 4.05. The molecule has 0 heterocycles. The first-order valence-corrected chi connectivity index (χ1v) is 6.70. The van der Waals surface area contributed by atoms with Crippen LogP contribution >= 0.6 is 20.3 Å². The summed E-state index contributed by atoms with van der Waals surface area (Å²) in [6, 6.07) is 0. The Morgan fingerprint density at radius 2 is 1.11 bits per heavy atom. The van der Waals surface area contributed by atoms with Gasteiger partial charge in [0.25, 0.3) is 0 Å². The molecule has 9 N–H and O–H groups in total. The fourth-order valence-electron chi connectivity index (χ4n) is 0.472. The fraction of sp³-hybridized carbons (Fsp3) is 0.875. The molecule has 0 aromatic carbocycles. The summed E-state index contributed by atoms with van der Waals surface area (Å²) in [5.74, 6) is -1.19. The molecule has 3 unspecified atom stereocenters. The number of aliphatic hydroxyl groups is 6. The molecule has 0 saturated carbocycles. The molecule has 3 atom stereocenters. The van der Waals surface area contributed by atoms with Crippen LogP contribution in [0, 0.1) is 0 Å². The van der Waals surface area contributed by atoms with Gasteiger partial charge in [0.2, 0.25) is 0 Å². The van der Waals surface area contributed by atoms with Crippen molar-refractivity contribution in [2.45, 2.75) is 31.3 Å². The van der Waals surface area contributed by atoms with Crippen molar-refractivity contribution < 1.29 is 63.8 Å². The molecule has 0 bridgehead atoms. The van der Waals surface area contributed by atoms with Crippen molar-refractivity contribution >= 4 is 161 Å². The van der Waals surface area contributed by atoms with Gasteiger partial charge < -0.3 is 35.7 Å². The molecule has 0 aliphatic carbocycles. The van der Waals surface area contributed by atoms with Gasteiger partial charge in [0, 0.05) is 0 Å². The molecule has 0 aliphatic heterocycles. The third-order valence-electron chi connectivity index (χ3n) is 1.52. The molecule has 19 heteroatoms. The number of hydrogen-bond acceptors (Lipinski definition) is 8. The third-order valence-corrected chi connectivity index (χ3v) is 1.52. The fourth-order valence-corrected chi connectivity index (χ4v) is 0.472. The van der Waals surface area contributed by atoms with Gasteiger partial charge in [-0.15, -0.1) is 16.6 Å². The van der Waals surface area contributed by atoms with Crippen LogP contribution in [0.2, 0.25) is 0 Å². The van der Waals surface area contributed by atoms with Gasteiger partial charge in [-0.1, -0.05) is 0 Å². The maximum atomic E-state index is 10.4. The van der Waals surface area contributed by atoms with E-state index in [0.29, 0.717) is 0 Å². The second-order valence-corrected chi connectivity index (χ2v) is 4.42. The minimum absolute atomic E-state index is 0. The van der Waals surface area contributed by atoms with E-state index in [4.69, 9.17) is 50.1 Å². The van der Waals surface area contributed by atoms with E-state index in [0.717, 1.165) is 0 Å². The van der Waals surface area contributed by atoms with E-state index in [1.54, 1.807) is 0 Å². The van der Waals surface area contributed by atoms with Crippen LogP contribution < -0.4 is 0 Å². The van der Waals surface area contributed by atoms with Crippen molar-refractivity contribution in [1.29, 1.82) is 0 Å². The van der Waals surface area contributed by atoms with E-state index < -0.39 is 51.5 Å². The standard InChI is InChI=1S/C5H12O5.C3H6O3.2Ca.ClH.FH2O3P.FH.2Na.6H/c6-1-3(8)5(10)4(9)2-7;1-2(4)3(5)6;;;;1-5(2,3)4;;;;;;;;;/h3-10H,1-2H2;2,4H,1H3,(H,5,6);;;1H;(H2,2,3,4);1H;;;;;;;;. The van der Waals surface area contributed by atoms with Gasteiger partial charge in [0.1, 0.15) is 24.4 Å². The van der Waals surface area contributed by atoms with Crippen molar-refractivity contribution in [3.63, 3.8) is 0 Å². The maximum absolute atomic E-state index is 10.4. The number of aliphatic hydroxyl groups excluding tert-OH is 6. The summed E-state index contributed by atoms with van der Waals surface area (Å²) >= 11 is 0. The van der Waals surface area contributed by atoms with Crippen LogP contribution in [0.5, 0.6) is 0 Å². The number of carboxylic acids is 1. The Kier molecular flexibility index (Phi) is 74.0. The second-order valence-electron chi connectivity index (χ2n) is 3.48. The molecule has 0 aliphatic rings. The van der Waals surface area contributed by atoms with Gasteiger partial charge in [-0.25, -0.2) is 9.36 Å². The van der Waals surface area contributed by atoms with Gasteiger partial charge in [0.05, 0.1) is 13.2 Å². The van der Waals surface area contributed by atoms with Gasteiger partial charge >= 0.3 is 148 Å². The normalized spacial score (nSPS) is 12.7. The molecule has 0 aromatic rings. The van der Waals surface area contributed by atoms with Crippen molar-refractivity contribution in [2.24, 2.45) is 0 Å². The molecule has 158 valence electrons. The molecule has 0 saturated heterocycles. The van der Waals surface area contributed by atoms with Crippen LogP contribution in [-0.2, 0) is 9.36 Å². The zero-order chi connectivity index (χ0) is 17.8. The summed E-state index contributed by atoms with van der Waals surface area (Å²) in [6.07, 6.45) is -5.52. The Morgan fingerprint density at radius 3 is 1.19 bits per heavy atom. The Labute approximate surface area is 264 Å². The average Bonchev–Trinajstić information content (AvgIpc) is 2.34. The zero-order valence-corrected chi connectivity index (χ0v) is 13.4. The number of rotatable bonds is 5. The Balaban J connectivity index is -0.0000000244. The van der Waals surface area contributed by atoms with Gasteiger partial charge in [-0.3, -0.25) is 14.5 Å². The number of aliphatic carboxylic acids is 1. The molecule has 0 amide bonds. The number of hydrogen-bond donors (Lipinski definition) is 9. The van der Waals surface area contributed by atoms with Crippen LogP contribution in [0.15, 0.2) is 0 Å². The first kappa shape index (κ1) is 57.7. The van der Waals surface area contributed by atoms with E-state index in [1.807, 2.05) is 0 Å². The predicted octanol–water partition coefficient (Wildman–Crippen LogP) is -6.00. The molecule has 0 fully saturated rings. The molecular weight excluding hydrogens is 503 g/mol. The summed E-state index contributed by atoms with van der Waals surface area (Å²) in [5, 5.41) is 58.3. The van der Waals surface area contributed by atoms with Crippen molar-refractivity contribution in [1.82, 2.24) is 0 Å². The second kappa shape index (κ2) is 34.7. The van der Waals surface area contributed by atoms with E-state index in [-0.39, 0.29) is 152 Å². The van der Waals surface area contributed by atoms with Crippen molar-refractivity contribution in [2.75, 3.05) is 13.2 Å². The monoisotopic (exact) mass is 530 g/mol. The van der Waals surface area contributed by atoms with Crippen LogP contribution in [0.4, 0.5) is 8.90 Å². The van der Waals surface area contributed by atoms with E-state index >= 15 is 0 Å². The van der Waals surface area contributed by atoms with Crippen molar-refractivity contribution in [3.8, 4) is 0 Å². The Bertz CT molecular complexity index is 318. The summed E-state index contributed by atoms with van der Waals surface area (Å²) < 4.78 is 19.0. The quantitative estimate of drug-likeness (QED) is 0.120. The van der Waals surface area contributed by atoms with Crippen LogP contribution in [-0.4, -0.2) is 224 Å². The van der Waals surface area contributed by atoms with E-state index in [2.05, 4.69) is 0 Å². The predicted molar refractivity (Wildman–Crippen MR) is 106 cm³/mol. The molecule has 0 spiro atoms. The SMILES string of the molecule is CC(O)C(=O)O.Cl.F.O=P(O)(O)F.OCC(O)C(O)C(O)CO.[CaH2].[CaH2].[NaH].[NaH]. The van der Waals surface area contributed by atoms with Crippen LogP contribution in [0.3, 0.4) is 0 Å².